The zero-order valence-electron chi connectivity index (χ0n) is 10.3. The Morgan fingerprint density at radius 3 is 2.76 bits per heavy atom. The number of aliphatic hydroxyl groups is 1. The number of rotatable bonds is 3. The maximum atomic E-state index is 11.0. The monoisotopic (exact) mass is 232 g/mol. The van der Waals surface area contributed by atoms with Gasteiger partial charge in [-0.2, -0.15) is 0 Å². The smallest absolute Gasteiger partial charge is 0.170 e. The van der Waals surface area contributed by atoms with Gasteiger partial charge in [-0.1, -0.05) is 6.92 Å². The summed E-state index contributed by atoms with van der Waals surface area (Å²) < 4.78 is 1.89. The number of imidazole rings is 1. The molecule has 0 unspecified atom stereocenters. The van der Waals surface area contributed by atoms with E-state index in [1.807, 2.05) is 29.7 Å². The molecule has 0 radical (unpaired) electrons. The van der Waals surface area contributed by atoms with Crippen molar-refractivity contribution in [2.24, 2.45) is 0 Å². The molecular formula is C13H16N2O2. The van der Waals surface area contributed by atoms with Crippen LogP contribution in [0.3, 0.4) is 0 Å². The van der Waals surface area contributed by atoms with Crippen molar-refractivity contribution in [2.45, 2.75) is 32.8 Å². The third kappa shape index (κ3) is 1.96. The molecule has 2 heterocycles. The Labute approximate surface area is 99.9 Å². The van der Waals surface area contributed by atoms with Gasteiger partial charge in [0.15, 0.2) is 6.29 Å². The van der Waals surface area contributed by atoms with Crippen LogP contribution in [0.15, 0.2) is 18.3 Å². The van der Waals surface area contributed by atoms with E-state index in [1.165, 1.54) is 0 Å². The Morgan fingerprint density at radius 2 is 2.24 bits per heavy atom. The number of fused-ring (bicyclic) bond motifs is 1. The first-order valence-electron chi connectivity index (χ1n) is 5.66. The Bertz CT molecular complexity index is 565. The lowest BCUT2D eigenvalue weighted by molar-refractivity contribution is 0.0786. The van der Waals surface area contributed by atoms with E-state index in [2.05, 4.69) is 4.98 Å². The minimum Gasteiger partial charge on any atom is -0.386 e. The summed E-state index contributed by atoms with van der Waals surface area (Å²) in [5, 5.41) is 9.96. The van der Waals surface area contributed by atoms with E-state index >= 15 is 0 Å². The highest BCUT2D eigenvalue weighted by Gasteiger charge is 2.18. The molecule has 2 aromatic heterocycles. The van der Waals surface area contributed by atoms with Crippen LogP contribution < -0.4 is 0 Å². The topological polar surface area (TPSA) is 54.6 Å². The summed E-state index contributed by atoms with van der Waals surface area (Å²) in [4.78, 5) is 15.2. The zero-order chi connectivity index (χ0) is 12.6. The van der Waals surface area contributed by atoms with Crippen molar-refractivity contribution in [3.63, 3.8) is 0 Å². The minimum absolute atomic E-state index is 0.424. The summed E-state index contributed by atoms with van der Waals surface area (Å²) >= 11 is 0. The lowest BCUT2D eigenvalue weighted by atomic mass is 9.99. The molecule has 90 valence electrons. The van der Waals surface area contributed by atoms with Crippen molar-refractivity contribution in [3.8, 4) is 0 Å². The van der Waals surface area contributed by atoms with Gasteiger partial charge in [-0.15, -0.1) is 0 Å². The number of aromatic nitrogens is 2. The quantitative estimate of drug-likeness (QED) is 0.823. The van der Waals surface area contributed by atoms with Gasteiger partial charge in [0.1, 0.15) is 11.5 Å². The largest absolute Gasteiger partial charge is 0.386 e. The standard InChI is InChI=1S/C13H16N2O2/c1-4-12-14-10(8-16)11-7-9(13(2,3)17)5-6-15(11)12/h5-8,17H,4H2,1-3H3. The fourth-order valence-electron chi connectivity index (χ4n) is 1.89. The van der Waals surface area contributed by atoms with Gasteiger partial charge in [0.2, 0.25) is 0 Å². The Balaban J connectivity index is 2.72. The molecule has 0 saturated heterocycles. The molecule has 0 amide bonds. The van der Waals surface area contributed by atoms with Gasteiger partial charge < -0.3 is 9.51 Å². The molecule has 0 spiro atoms. The first-order valence-corrected chi connectivity index (χ1v) is 5.66. The van der Waals surface area contributed by atoms with E-state index in [4.69, 9.17) is 0 Å². The molecule has 2 rings (SSSR count). The Hall–Kier alpha value is -1.68. The van der Waals surface area contributed by atoms with Gasteiger partial charge in [0.25, 0.3) is 0 Å². The summed E-state index contributed by atoms with van der Waals surface area (Å²) in [5.41, 5.74) is 1.03. The first kappa shape index (κ1) is 11.8. The molecule has 0 saturated carbocycles. The van der Waals surface area contributed by atoms with Gasteiger partial charge in [0.05, 0.1) is 11.1 Å². The second-order valence-electron chi connectivity index (χ2n) is 4.61. The number of hydrogen-bond acceptors (Lipinski definition) is 3. The minimum atomic E-state index is -0.918. The maximum absolute atomic E-state index is 11.0. The normalized spacial score (nSPS) is 12.0. The second-order valence-corrected chi connectivity index (χ2v) is 4.61. The summed E-state index contributed by atoms with van der Waals surface area (Å²) in [6.45, 7) is 5.43. The number of nitrogens with zero attached hydrogens (tertiary/aromatic N) is 2. The highest BCUT2D eigenvalue weighted by Crippen LogP contribution is 2.23. The molecule has 17 heavy (non-hydrogen) atoms. The molecule has 4 heteroatoms. The SMILES string of the molecule is CCc1nc(C=O)c2cc(C(C)(C)O)ccn12. The molecule has 0 aliphatic heterocycles. The van der Waals surface area contributed by atoms with Crippen molar-refractivity contribution in [1.82, 2.24) is 9.38 Å². The lowest BCUT2D eigenvalue weighted by Gasteiger charge is -2.17. The zero-order valence-corrected chi connectivity index (χ0v) is 10.3. The second kappa shape index (κ2) is 3.96. The maximum Gasteiger partial charge on any atom is 0.170 e. The van der Waals surface area contributed by atoms with Gasteiger partial charge in [-0.3, -0.25) is 4.79 Å². The highest BCUT2D eigenvalue weighted by molar-refractivity contribution is 5.84. The van der Waals surface area contributed by atoms with Crippen LogP contribution in [0, 0.1) is 0 Å². The first-order chi connectivity index (χ1) is 7.97. The van der Waals surface area contributed by atoms with E-state index < -0.39 is 5.60 Å². The Kier molecular flexibility index (Phi) is 2.75. The molecule has 1 N–H and O–H groups in total. The van der Waals surface area contributed by atoms with Crippen molar-refractivity contribution >= 4 is 11.8 Å². The molecule has 0 aromatic carbocycles. The Morgan fingerprint density at radius 1 is 1.53 bits per heavy atom. The van der Waals surface area contributed by atoms with E-state index in [9.17, 15) is 9.90 Å². The van der Waals surface area contributed by atoms with Gasteiger partial charge in [-0.25, -0.2) is 4.98 Å². The van der Waals surface area contributed by atoms with Crippen molar-refractivity contribution in [1.29, 1.82) is 0 Å². The molecule has 2 aromatic rings. The van der Waals surface area contributed by atoms with Crippen LogP contribution in [0.2, 0.25) is 0 Å². The van der Waals surface area contributed by atoms with Gasteiger partial charge >= 0.3 is 0 Å². The van der Waals surface area contributed by atoms with Crippen molar-refractivity contribution in [3.05, 3.63) is 35.4 Å². The molecule has 4 nitrogen and oxygen atoms in total. The fourth-order valence-corrected chi connectivity index (χ4v) is 1.89. The van der Waals surface area contributed by atoms with E-state index in [-0.39, 0.29) is 0 Å². The predicted octanol–water partition coefficient (Wildman–Crippen LogP) is 1.94. The molecule has 0 aliphatic rings. The summed E-state index contributed by atoms with van der Waals surface area (Å²) in [7, 11) is 0. The van der Waals surface area contributed by atoms with Crippen LogP contribution in [-0.2, 0) is 12.0 Å². The van der Waals surface area contributed by atoms with Crippen LogP contribution in [-0.4, -0.2) is 20.8 Å². The fraction of sp³-hybridized carbons (Fsp3) is 0.385. The van der Waals surface area contributed by atoms with Crippen LogP contribution >= 0.6 is 0 Å². The predicted molar refractivity (Wildman–Crippen MR) is 65.2 cm³/mol. The molecular weight excluding hydrogens is 216 g/mol. The average molecular weight is 232 g/mol. The van der Waals surface area contributed by atoms with Crippen LogP contribution in [0.4, 0.5) is 0 Å². The molecule has 0 fully saturated rings. The third-order valence-electron chi connectivity index (χ3n) is 2.88. The van der Waals surface area contributed by atoms with Crippen molar-refractivity contribution in [2.75, 3.05) is 0 Å². The van der Waals surface area contributed by atoms with E-state index in [0.717, 1.165) is 29.6 Å². The van der Waals surface area contributed by atoms with E-state index in [1.54, 1.807) is 13.8 Å². The number of carbonyl (C=O) groups is 1. The third-order valence-corrected chi connectivity index (χ3v) is 2.88. The molecule has 0 atom stereocenters. The summed E-state index contributed by atoms with van der Waals surface area (Å²) in [6, 6.07) is 3.66. The number of aryl methyl sites for hydroxylation is 1. The lowest BCUT2D eigenvalue weighted by Crippen LogP contribution is -2.15. The van der Waals surface area contributed by atoms with Crippen LogP contribution in [0.1, 0.15) is 42.6 Å². The van der Waals surface area contributed by atoms with Crippen molar-refractivity contribution < 1.29 is 9.90 Å². The molecule has 0 aliphatic carbocycles. The van der Waals surface area contributed by atoms with Gasteiger partial charge in [-0.05, 0) is 31.5 Å². The van der Waals surface area contributed by atoms with Crippen LogP contribution in [0.5, 0.6) is 0 Å². The van der Waals surface area contributed by atoms with E-state index in [0.29, 0.717) is 5.69 Å². The average Bonchev–Trinajstić information content (AvgIpc) is 2.64. The number of carbonyl (C=O) groups excluding carboxylic acids is 1. The van der Waals surface area contributed by atoms with Gasteiger partial charge in [0, 0.05) is 12.6 Å². The summed E-state index contributed by atoms with van der Waals surface area (Å²) in [5.74, 6) is 0.851. The molecule has 0 bridgehead atoms. The number of aldehydes is 1. The number of hydrogen-bond donors (Lipinski definition) is 1. The highest BCUT2D eigenvalue weighted by atomic mass is 16.3. The summed E-state index contributed by atoms with van der Waals surface area (Å²) in [6.07, 6.45) is 3.36. The number of pyridine rings is 1. The van der Waals surface area contributed by atoms with Crippen LogP contribution in [0.25, 0.3) is 5.52 Å².